The second-order valence-corrected chi connectivity index (χ2v) is 8.52. The van der Waals surface area contributed by atoms with Crippen LogP contribution in [0.5, 0.6) is 0 Å². The fraction of sp³-hybridized carbons (Fsp3) is 0.370. The van der Waals surface area contributed by atoms with Gasteiger partial charge in [0.05, 0.1) is 6.61 Å². The molecular weight excluding hydrogens is 422 g/mol. The SMILES string of the molecule is C=C1C=C(CCc2cccc(F)c2F)N(CC(=O)OCC)c2cc(CCCN(C)C)ccc21. The number of carbonyl (C=O) groups is 1. The quantitative estimate of drug-likeness (QED) is 0.452. The van der Waals surface area contributed by atoms with Crippen LogP contribution in [0.2, 0.25) is 0 Å². The van der Waals surface area contributed by atoms with Crippen LogP contribution in [0.4, 0.5) is 14.5 Å². The Hall–Kier alpha value is -2.99. The van der Waals surface area contributed by atoms with Gasteiger partial charge in [0.2, 0.25) is 0 Å². The van der Waals surface area contributed by atoms with Gasteiger partial charge in [0.25, 0.3) is 0 Å². The number of aryl methyl sites for hydroxylation is 2. The van der Waals surface area contributed by atoms with Crippen LogP contribution in [0.3, 0.4) is 0 Å². The minimum absolute atomic E-state index is 0.0484. The zero-order chi connectivity index (χ0) is 24.0. The number of hydrogen-bond donors (Lipinski definition) is 0. The van der Waals surface area contributed by atoms with Gasteiger partial charge >= 0.3 is 5.97 Å². The number of nitrogens with zero attached hydrogens (tertiary/aromatic N) is 2. The summed E-state index contributed by atoms with van der Waals surface area (Å²) in [7, 11) is 4.10. The standard InChI is InChI=1S/C27H32F2N2O2/c1-5-33-26(32)18-31-22(13-12-21-9-6-10-24(28)27(21)29)16-19(2)23-14-11-20(17-25(23)31)8-7-15-30(3)4/h6,9-11,14,16-17H,2,5,7-8,12-13,15,18H2,1,3-4H3. The number of carbonyl (C=O) groups excluding carboxylic acids is 1. The number of ether oxygens (including phenoxy) is 1. The van der Waals surface area contributed by atoms with E-state index in [1.54, 1.807) is 13.0 Å². The number of fused-ring (bicyclic) bond motifs is 1. The van der Waals surface area contributed by atoms with Crippen molar-refractivity contribution >= 4 is 17.2 Å². The molecule has 4 nitrogen and oxygen atoms in total. The first-order chi connectivity index (χ1) is 15.8. The number of esters is 1. The summed E-state index contributed by atoms with van der Waals surface area (Å²) in [4.78, 5) is 16.5. The molecule has 0 atom stereocenters. The van der Waals surface area contributed by atoms with Crippen molar-refractivity contribution in [2.45, 2.75) is 32.6 Å². The second kappa shape index (κ2) is 11.2. The van der Waals surface area contributed by atoms with Crippen molar-refractivity contribution in [3.8, 4) is 0 Å². The summed E-state index contributed by atoms with van der Waals surface area (Å²) in [5.74, 6) is -2.02. The van der Waals surface area contributed by atoms with E-state index in [-0.39, 0.29) is 12.5 Å². The van der Waals surface area contributed by atoms with E-state index in [4.69, 9.17) is 4.74 Å². The fourth-order valence-electron chi connectivity index (χ4n) is 4.07. The molecule has 0 spiro atoms. The Balaban J connectivity index is 1.88. The van der Waals surface area contributed by atoms with Gasteiger partial charge in [-0.1, -0.05) is 30.8 Å². The Morgan fingerprint density at radius 1 is 1.12 bits per heavy atom. The van der Waals surface area contributed by atoms with Crippen LogP contribution in [0.25, 0.3) is 5.57 Å². The predicted octanol–water partition coefficient (Wildman–Crippen LogP) is 5.37. The lowest BCUT2D eigenvalue weighted by Gasteiger charge is -2.33. The maximum atomic E-state index is 14.2. The van der Waals surface area contributed by atoms with Gasteiger partial charge in [-0.2, -0.15) is 0 Å². The van der Waals surface area contributed by atoms with Gasteiger partial charge in [-0.05, 0) is 88.2 Å². The van der Waals surface area contributed by atoms with Crippen molar-refractivity contribution in [2.24, 2.45) is 0 Å². The number of anilines is 1. The van der Waals surface area contributed by atoms with E-state index in [9.17, 15) is 13.6 Å². The number of hydrogen-bond acceptors (Lipinski definition) is 4. The summed E-state index contributed by atoms with van der Waals surface area (Å²) in [5, 5.41) is 0. The van der Waals surface area contributed by atoms with Crippen molar-refractivity contribution in [3.63, 3.8) is 0 Å². The molecule has 0 bridgehead atoms. The van der Waals surface area contributed by atoms with Crippen LogP contribution in [0, 0.1) is 11.6 Å². The Bertz CT molecular complexity index is 1050. The Kier molecular flexibility index (Phi) is 8.39. The van der Waals surface area contributed by atoms with Crippen molar-refractivity contribution < 1.29 is 18.3 Å². The minimum Gasteiger partial charge on any atom is -0.465 e. The Morgan fingerprint density at radius 2 is 1.91 bits per heavy atom. The molecule has 0 unspecified atom stereocenters. The topological polar surface area (TPSA) is 32.8 Å². The van der Waals surface area contributed by atoms with Crippen molar-refractivity contribution in [3.05, 3.63) is 83.1 Å². The lowest BCUT2D eigenvalue weighted by molar-refractivity contribution is -0.141. The highest BCUT2D eigenvalue weighted by Crippen LogP contribution is 2.37. The molecular formula is C27H32F2N2O2. The lowest BCUT2D eigenvalue weighted by Crippen LogP contribution is -2.33. The monoisotopic (exact) mass is 454 g/mol. The largest absolute Gasteiger partial charge is 0.465 e. The average Bonchev–Trinajstić information content (AvgIpc) is 2.77. The normalized spacial score (nSPS) is 13.2. The van der Waals surface area contributed by atoms with Gasteiger partial charge < -0.3 is 14.5 Å². The molecule has 0 saturated heterocycles. The van der Waals surface area contributed by atoms with Gasteiger partial charge in [0.1, 0.15) is 6.54 Å². The molecule has 0 aliphatic carbocycles. The van der Waals surface area contributed by atoms with Crippen LogP contribution in [-0.4, -0.2) is 44.7 Å². The first kappa shape index (κ1) is 24.6. The van der Waals surface area contributed by atoms with E-state index in [1.807, 2.05) is 17.0 Å². The number of allylic oxidation sites excluding steroid dienone is 3. The molecule has 33 heavy (non-hydrogen) atoms. The highest BCUT2D eigenvalue weighted by Gasteiger charge is 2.25. The van der Waals surface area contributed by atoms with Crippen molar-refractivity contribution in [2.75, 3.05) is 38.7 Å². The molecule has 1 aliphatic rings. The van der Waals surface area contributed by atoms with Gasteiger partial charge in [-0.15, -0.1) is 0 Å². The molecule has 0 saturated carbocycles. The average molecular weight is 455 g/mol. The second-order valence-electron chi connectivity index (χ2n) is 8.52. The third kappa shape index (κ3) is 6.29. The summed E-state index contributed by atoms with van der Waals surface area (Å²) in [6, 6.07) is 10.5. The van der Waals surface area contributed by atoms with E-state index in [0.29, 0.717) is 25.0 Å². The summed E-state index contributed by atoms with van der Waals surface area (Å²) in [6.07, 6.45) is 4.60. The maximum Gasteiger partial charge on any atom is 0.325 e. The highest BCUT2D eigenvalue weighted by atomic mass is 19.2. The van der Waals surface area contributed by atoms with Gasteiger partial charge in [-0.3, -0.25) is 4.79 Å². The summed E-state index contributed by atoms with van der Waals surface area (Å²) in [6.45, 7) is 7.30. The predicted molar refractivity (Wildman–Crippen MR) is 129 cm³/mol. The molecule has 2 aromatic carbocycles. The van der Waals surface area contributed by atoms with Gasteiger partial charge in [0.15, 0.2) is 11.6 Å². The zero-order valence-corrected chi connectivity index (χ0v) is 19.7. The number of benzene rings is 2. The number of halogens is 2. The third-order valence-electron chi connectivity index (χ3n) is 5.73. The van der Waals surface area contributed by atoms with Crippen molar-refractivity contribution in [1.82, 2.24) is 4.90 Å². The fourth-order valence-corrected chi connectivity index (χ4v) is 4.07. The van der Waals surface area contributed by atoms with Gasteiger partial charge in [0, 0.05) is 16.9 Å². The van der Waals surface area contributed by atoms with Crippen LogP contribution >= 0.6 is 0 Å². The van der Waals surface area contributed by atoms with Crippen molar-refractivity contribution in [1.29, 1.82) is 0 Å². The molecule has 0 fully saturated rings. The third-order valence-corrected chi connectivity index (χ3v) is 5.73. The van der Waals surface area contributed by atoms with E-state index >= 15 is 0 Å². The zero-order valence-electron chi connectivity index (χ0n) is 19.7. The van der Waals surface area contributed by atoms with E-state index in [1.165, 1.54) is 11.6 Å². The molecule has 1 heterocycles. The first-order valence-electron chi connectivity index (χ1n) is 11.3. The van der Waals surface area contributed by atoms with Crippen LogP contribution in [0.1, 0.15) is 36.5 Å². The molecule has 0 aromatic heterocycles. The number of rotatable bonds is 10. The Morgan fingerprint density at radius 3 is 2.64 bits per heavy atom. The summed E-state index contributed by atoms with van der Waals surface area (Å²) >= 11 is 0. The molecule has 3 rings (SSSR count). The van der Waals surface area contributed by atoms with Crippen LogP contribution in [0.15, 0.2) is 54.8 Å². The Labute approximate surface area is 195 Å². The summed E-state index contributed by atoms with van der Waals surface area (Å²) < 4.78 is 33.1. The molecule has 1 aliphatic heterocycles. The molecule has 0 amide bonds. The van der Waals surface area contributed by atoms with E-state index in [2.05, 4.69) is 37.7 Å². The summed E-state index contributed by atoms with van der Waals surface area (Å²) in [5.41, 5.74) is 4.99. The maximum absolute atomic E-state index is 14.2. The lowest BCUT2D eigenvalue weighted by atomic mass is 9.93. The van der Waals surface area contributed by atoms with Gasteiger partial charge in [-0.25, -0.2) is 8.78 Å². The van der Waals surface area contributed by atoms with Crippen LogP contribution < -0.4 is 4.90 Å². The molecule has 0 radical (unpaired) electrons. The van der Waals surface area contributed by atoms with E-state index in [0.717, 1.165) is 48.0 Å². The van der Waals surface area contributed by atoms with E-state index < -0.39 is 11.6 Å². The highest BCUT2D eigenvalue weighted by molar-refractivity contribution is 5.89. The molecule has 176 valence electrons. The molecule has 2 aromatic rings. The molecule has 6 heteroatoms. The minimum atomic E-state index is -0.856. The molecule has 0 N–H and O–H groups in total. The first-order valence-corrected chi connectivity index (χ1v) is 11.3. The smallest absolute Gasteiger partial charge is 0.325 e. The van der Waals surface area contributed by atoms with Crippen LogP contribution in [-0.2, 0) is 22.4 Å².